The summed E-state index contributed by atoms with van der Waals surface area (Å²) in [7, 11) is 0. The largest absolute Gasteiger partial charge is 0.457 e. The first-order valence-corrected chi connectivity index (χ1v) is 7.09. The molecule has 0 radical (unpaired) electrons. The van der Waals surface area contributed by atoms with Crippen LogP contribution in [0.15, 0.2) is 40.9 Å². The molecule has 0 saturated carbocycles. The standard InChI is InChI=1S/C14H11BrCl2O/c1-9-2-4-11(15)6-13(9)18-14-7-12(17)5-3-10(14)8-16/h2-7H,8H2,1H3. The van der Waals surface area contributed by atoms with E-state index in [1.165, 1.54) is 0 Å². The SMILES string of the molecule is Cc1ccc(Br)cc1Oc1cc(Cl)ccc1CCl. The van der Waals surface area contributed by atoms with E-state index in [9.17, 15) is 0 Å². The lowest BCUT2D eigenvalue weighted by atomic mass is 10.2. The van der Waals surface area contributed by atoms with Crippen LogP contribution in [0, 0.1) is 6.92 Å². The second kappa shape index (κ2) is 5.96. The topological polar surface area (TPSA) is 9.23 Å². The molecule has 0 unspecified atom stereocenters. The minimum absolute atomic E-state index is 0.388. The number of hydrogen-bond donors (Lipinski definition) is 0. The van der Waals surface area contributed by atoms with Gasteiger partial charge in [0.2, 0.25) is 0 Å². The lowest BCUT2D eigenvalue weighted by Gasteiger charge is -2.12. The summed E-state index contributed by atoms with van der Waals surface area (Å²) in [5, 5.41) is 0.631. The highest BCUT2D eigenvalue weighted by molar-refractivity contribution is 9.10. The third-order valence-corrected chi connectivity index (χ3v) is 3.56. The first kappa shape index (κ1) is 13.7. The van der Waals surface area contributed by atoms with Crippen LogP contribution in [0.1, 0.15) is 11.1 Å². The maximum atomic E-state index is 5.98. The van der Waals surface area contributed by atoms with Crippen LogP contribution in [0.3, 0.4) is 0 Å². The molecule has 0 aromatic heterocycles. The van der Waals surface area contributed by atoms with E-state index in [0.717, 1.165) is 21.3 Å². The van der Waals surface area contributed by atoms with E-state index in [0.29, 0.717) is 16.7 Å². The van der Waals surface area contributed by atoms with Gasteiger partial charge in [-0.05, 0) is 36.8 Å². The molecule has 2 aromatic carbocycles. The van der Waals surface area contributed by atoms with Gasteiger partial charge >= 0.3 is 0 Å². The fourth-order valence-electron chi connectivity index (χ4n) is 1.54. The summed E-state index contributed by atoms with van der Waals surface area (Å²) in [6.45, 7) is 1.99. The van der Waals surface area contributed by atoms with Gasteiger partial charge in [0, 0.05) is 15.1 Å². The van der Waals surface area contributed by atoms with E-state index >= 15 is 0 Å². The number of rotatable bonds is 3. The van der Waals surface area contributed by atoms with Gasteiger partial charge in [0.15, 0.2) is 0 Å². The van der Waals surface area contributed by atoms with Crippen molar-refractivity contribution in [2.45, 2.75) is 12.8 Å². The van der Waals surface area contributed by atoms with E-state index in [4.69, 9.17) is 27.9 Å². The quantitative estimate of drug-likeness (QED) is 0.625. The van der Waals surface area contributed by atoms with Crippen LogP contribution in [-0.4, -0.2) is 0 Å². The van der Waals surface area contributed by atoms with Crippen LogP contribution >= 0.6 is 39.1 Å². The number of aryl methyl sites for hydroxylation is 1. The molecule has 0 fully saturated rings. The monoisotopic (exact) mass is 344 g/mol. The molecule has 0 atom stereocenters. The van der Waals surface area contributed by atoms with E-state index in [-0.39, 0.29) is 0 Å². The lowest BCUT2D eigenvalue weighted by Crippen LogP contribution is -1.92. The third kappa shape index (κ3) is 3.19. The Morgan fingerprint density at radius 3 is 2.61 bits per heavy atom. The number of benzene rings is 2. The van der Waals surface area contributed by atoms with Crippen LogP contribution in [0.5, 0.6) is 11.5 Å². The zero-order valence-corrected chi connectivity index (χ0v) is 12.8. The van der Waals surface area contributed by atoms with E-state index in [1.54, 1.807) is 12.1 Å². The van der Waals surface area contributed by atoms with Gasteiger partial charge in [-0.25, -0.2) is 0 Å². The molecule has 0 bridgehead atoms. The highest BCUT2D eigenvalue weighted by Crippen LogP contribution is 2.32. The Kier molecular flexibility index (Phi) is 4.55. The lowest BCUT2D eigenvalue weighted by molar-refractivity contribution is 0.474. The van der Waals surface area contributed by atoms with E-state index in [1.807, 2.05) is 31.2 Å². The maximum Gasteiger partial charge on any atom is 0.133 e. The Hall–Kier alpha value is -0.700. The smallest absolute Gasteiger partial charge is 0.133 e. The molecule has 1 nitrogen and oxygen atoms in total. The summed E-state index contributed by atoms with van der Waals surface area (Å²) in [5.74, 6) is 1.87. The summed E-state index contributed by atoms with van der Waals surface area (Å²) in [6.07, 6.45) is 0. The predicted octanol–water partition coefficient (Wildman–Crippen LogP) is 5.94. The van der Waals surface area contributed by atoms with Crippen LogP contribution in [0.4, 0.5) is 0 Å². The Bertz CT molecular complexity index is 570. The number of hydrogen-bond acceptors (Lipinski definition) is 1. The molecule has 2 rings (SSSR count). The Morgan fingerprint density at radius 1 is 1.11 bits per heavy atom. The van der Waals surface area contributed by atoms with E-state index in [2.05, 4.69) is 15.9 Å². The summed E-state index contributed by atoms with van der Waals surface area (Å²) >= 11 is 15.3. The van der Waals surface area contributed by atoms with Crippen molar-refractivity contribution in [1.29, 1.82) is 0 Å². The fraction of sp³-hybridized carbons (Fsp3) is 0.143. The molecular formula is C14H11BrCl2O. The fourth-order valence-corrected chi connectivity index (χ4v) is 2.26. The molecule has 94 valence electrons. The highest BCUT2D eigenvalue weighted by atomic mass is 79.9. The Morgan fingerprint density at radius 2 is 1.89 bits per heavy atom. The Labute approximate surface area is 125 Å². The van der Waals surface area contributed by atoms with Crippen LogP contribution in [0.25, 0.3) is 0 Å². The molecule has 4 heteroatoms. The second-order valence-electron chi connectivity index (χ2n) is 3.90. The summed E-state index contributed by atoms with van der Waals surface area (Å²) < 4.78 is 6.86. The molecule has 0 heterocycles. The summed E-state index contributed by atoms with van der Waals surface area (Å²) in [6, 6.07) is 11.3. The normalized spacial score (nSPS) is 10.4. The van der Waals surface area contributed by atoms with Gasteiger partial charge in [-0.15, -0.1) is 11.6 Å². The Balaban J connectivity index is 2.38. The van der Waals surface area contributed by atoms with Crippen molar-refractivity contribution in [1.82, 2.24) is 0 Å². The minimum atomic E-state index is 0.388. The first-order chi connectivity index (χ1) is 8.60. The first-order valence-electron chi connectivity index (χ1n) is 5.38. The van der Waals surface area contributed by atoms with Gasteiger partial charge in [-0.2, -0.15) is 0 Å². The molecule has 0 amide bonds. The molecule has 0 saturated heterocycles. The predicted molar refractivity (Wildman–Crippen MR) is 80.0 cm³/mol. The van der Waals surface area contributed by atoms with Gasteiger partial charge in [-0.1, -0.05) is 39.7 Å². The zero-order chi connectivity index (χ0) is 13.1. The highest BCUT2D eigenvalue weighted by Gasteiger charge is 2.07. The molecule has 0 aliphatic heterocycles. The average Bonchev–Trinajstić information content (AvgIpc) is 2.34. The van der Waals surface area contributed by atoms with E-state index < -0.39 is 0 Å². The number of ether oxygens (including phenoxy) is 1. The average molecular weight is 346 g/mol. The molecule has 18 heavy (non-hydrogen) atoms. The van der Waals surface area contributed by atoms with Gasteiger partial charge in [0.1, 0.15) is 11.5 Å². The zero-order valence-electron chi connectivity index (χ0n) is 9.71. The number of alkyl halides is 1. The van der Waals surface area contributed by atoms with Crippen LogP contribution in [-0.2, 0) is 5.88 Å². The van der Waals surface area contributed by atoms with Crippen LogP contribution < -0.4 is 4.74 Å². The van der Waals surface area contributed by atoms with Crippen molar-refractivity contribution >= 4 is 39.1 Å². The number of halogens is 3. The van der Waals surface area contributed by atoms with Crippen molar-refractivity contribution < 1.29 is 4.74 Å². The van der Waals surface area contributed by atoms with Crippen molar-refractivity contribution in [3.63, 3.8) is 0 Å². The van der Waals surface area contributed by atoms with Crippen molar-refractivity contribution in [2.75, 3.05) is 0 Å². The third-order valence-electron chi connectivity index (χ3n) is 2.54. The van der Waals surface area contributed by atoms with Gasteiger partial charge in [-0.3, -0.25) is 0 Å². The molecule has 2 aromatic rings. The molecule has 0 spiro atoms. The second-order valence-corrected chi connectivity index (χ2v) is 5.52. The van der Waals surface area contributed by atoms with Gasteiger partial charge in [0.25, 0.3) is 0 Å². The van der Waals surface area contributed by atoms with Crippen molar-refractivity contribution in [3.8, 4) is 11.5 Å². The molecule has 0 aliphatic carbocycles. The molecular weight excluding hydrogens is 335 g/mol. The molecule has 0 N–H and O–H groups in total. The minimum Gasteiger partial charge on any atom is -0.457 e. The maximum absolute atomic E-state index is 5.98. The van der Waals surface area contributed by atoms with Crippen molar-refractivity contribution in [2.24, 2.45) is 0 Å². The van der Waals surface area contributed by atoms with Gasteiger partial charge < -0.3 is 4.74 Å². The van der Waals surface area contributed by atoms with Gasteiger partial charge in [0.05, 0.1) is 5.88 Å². The summed E-state index contributed by atoms with van der Waals surface area (Å²) in [5.41, 5.74) is 1.97. The van der Waals surface area contributed by atoms with Crippen molar-refractivity contribution in [3.05, 3.63) is 57.0 Å². The molecule has 0 aliphatic rings. The van der Waals surface area contributed by atoms with Crippen LogP contribution in [0.2, 0.25) is 5.02 Å². The summed E-state index contributed by atoms with van der Waals surface area (Å²) in [4.78, 5) is 0.